The van der Waals surface area contributed by atoms with Crippen LogP contribution in [-0.2, 0) is 14.9 Å². The Morgan fingerprint density at radius 1 is 0.750 bits per heavy atom. The third-order valence-electron chi connectivity index (χ3n) is 5.64. The Bertz CT molecular complexity index is 550. The zero-order valence-corrected chi connectivity index (χ0v) is 22.8. The number of hydrogen-bond donors (Lipinski definition) is 2. The van der Waals surface area contributed by atoms with Crippen LogP contribution in [0.4, 0.5) is 0 Å². The summed E-state index contributed by atoms with van der Waals surface area (Å²) in [5, 5.41) is 2.68. The molecule has 0 saturated carbocycles. The summed E-state index contributed by atoms with van der Waals surface area (Å²) in [4.78, 5) is 11.9. The minimum Gasteiger partial charge on any atom is -0.350 e. The maximum atomic E-state index is 11.9. The molecule has 0 spiro atoms. The molecule has 0 aromatic carbocycles. The van der Waals surface area contributed by atoms with Crippen molar-refractivity contribution >= 4 is 27.8 Å². The molecule has 32 heavy (non-hydrogen) atoms. The van der Waals surface area contributed by atoms with E-state index in [2.05, 4.69) is 12.2 Å². The van der Waals surface area contributed by atoms with Crippen LogP contribution in [0.5, 0.6) is 0 Å². The minimum atomic E-state index is -4.10. The van der Waals surface area contributed by atoms with Crippen LogP contribution in [0.25, 0.3) is 0 Å². The maximum Gasteiger partial charge on any atom is 0.267 e. The van der Waals surface area contributed by atoms with E-state index in [0.717, 1.165) is 11.5 Å². The van der Waals surface area contributed by atoms with Gasteiger partial charge in [-0.3, -0.25) is 9.35 Å². The number of carbonyl (C=O) groups is 1. The zero-order chi connectivity index (χ0) is 24.1. The Morgan fingerprint density at radius 3 is 1.56 bits per heavy atom. The smallest absolute Gasteiger partial charge is 0.267 e. The summed E-state index contributed by atoms with van der Waals surface area (Å²) in [5.41, 5.74) is -0.955. The van der Waals surface area contributed by atoms with E-state index in [-0.39, 0.29) is 5.91 Å². The molecule has 0 aliphatic rings. The Hall–Kier alpha value is -0.270. The first-order valence-corrected chi connectivity index (χ1v) is 15.8. The van der Waals surface area contributed by atoms with E-state index < -0.39 is 21.4 Å². The summed E-state index contributed by atoms with van der Waals surface area (Å²) in [7, 11) is -4.10. The van der Waals surface area contributed by atoms with Crippen molar-refractivity contribution in [1.29, 1.82) is 0 Å². The zero-order valence-electron chi connectivity index (χ0n) is 21.1. The lowest BCUT2D eigenvalue weighted by Gasteiger charge is -2.24. The van der Waals surface area contributed by atoms with Crippen molar-refractivity contribution in [3.63, 3.8) is 0 Å². The van der Waals surface area contributed by atoms with E-state index >= 15 is 0 Å². The fraction of sp³-hybridized carbons (Fsp3) is 0.960. The molecule has 0 unspecified atom stereocenters. The molecule has 2 N–H and O–H groups in total. The van der Waals surface area contributed by atoms with E-state index in [1.165, 1.54) is 103 Å². The molecule has 0 aliphatic heterocycles. The monoisotopic (exact) mass is 493 g/mol. The van der Waals surface area contributed by atoms with Crippen LogP contribution in [0.3, 0.4) is 0 Å². The number of amides is 1. The lowest BCUT2D eigenvalue weighted by Crippen LogP contribution is -2.48. The highest BCUT2D eigenvalue weighted by molar-refractivity contribution is 7.99. The van der Waals surface area contributed by atoms with E-state index in [1.54, 1.807) is 25.6 Å². The fourth-order valence-corrected chi connectivity index (χ4v) is 5.88. The van der Waals surface area contributed by atoms with Gasteiger partial charge in [-0.25, -0.2) is 0 Å². The molecule has 0 radical (unpaired) electrons. The van der Waals surface area contributed by atoms with Crippen molar-refractivity contribution in [2.75, 3.05) is 17.3 Å². The second-order valence-electron chi connectivity index (χ2n) is 9.82. The van der Waals surface area contributed by atoms with Crippen molar-refractivity contribution in [3.8, 4) is 0 Å². The SMILES string of the molecule is CCCCCCCCCCCCCCCCCCSCCC(=O)NC(C)(C)CS(=O)(=O)O. The van der Waals surface area contributed by atoms with E-state index in [1.807, 2.05) is 0 Å². The van der Waals surface area contributed by atoms with Crippen molar-refractivity contribution in [3.05, 3.63) is 0 Å². The van der Waals surface area contributed by atoms with Gasteiger partial charge in [0.05, 0.1) is 11.3 Å². The molecule has 0 saturated heterocycles. The van der Waals surface area contributed by atoms with Crippen LogP contribution in [0.2, 0.25) is 0 Å². The molecule has 0 fully saturated rings. The lowest BCUT2D eigenvalue weighted by atomic mass is 10.0. The predicted octanol–water partition coefficient (Wildman–Crippen LogP) is 7.15. The van der Waals surface area contributed by atoms with Gasteiger partial charge in [-0.05, 0) is 26.0 Å². The van der Waals surface area contributed by atoms with Gasteiger partial charge in [0.15, 0.2) is 0 Å². The summed E-state index contributed by atoms with van der Waals surface area (Å²) in [6.07, 6.45) is 22.3. The summed E-state index contributed by atoms with van der Waals surface area (Å²) < 4.78 is 30.9. The molecule has 0 rings (SSSR count). The molecule has 5 nitrogen and oxygen atoms in total. The molecule has 1 amide bonds. The second kappa shape index (κ2) is 20.1. The van der Waals surface area contributed by atoms with Crippen molar-refractivity contribution < 1.29 is 17.8 Å². The molecule has 0 aromatic rings. The number of carbonyl (C=O) groups excluding carboxylic acids is 1. The molecule has 192 valence electrons. The highest BCUT2D eigenvalue weighted by Crippen LogP contribution is 2.15. The Balaban J connectivity index is 3.34. The van der Waals surface area contributed by atoms with Gasteiger partial charge in [0, 0.05) is 12.2 Å². The van der Waals surface area contributed by atoms with E-state index in [9.17, 15) is 13.2 Å². The molecular formula is C25H51NO4S2. The molecule has 0 aliphatic carbocycles. The molecular weight excluding hydrogens is 442 g/mol. The predicted molar refractivity (Wildman–Crippen MR) is 140 cm³/mol. The molecule has 0 atom stereocenters. The van der Waals surface area contributed by atoms with Gasteiger partial charge in [0.1, 0.15) is 0 Å². The first-order valence-electron chi connectivity index (χ1n) is 13.0. The van der Waals surface area contributed by atoms with E-state index in [0.29, 0.717) is 6.42 Å². The second-order valence-corrected chi connectivity index (χ2v) is 12.5. The normalized spacial score (nSPS) is 12.2. The third kappa shape index (κ3) is 24.4. The van der Waals surface area contributed by atoms with Crippen LogP contribution < -0.4 is 5.32 Å². The Labute approximate surface area is 203 Å². The summed E-state index contributed by atoms with van der Waals surface area (Å²) in [6.45, 7) is 5.47. The van der Waals surface area contributed by atoms with Gasteiger partial charge in [-0.1, -0.05) is 103 Å². The van der Waals surface area contributed by atoms with Crippen LogP contribution in [0, 0.1) is 0 Å². The highest BCUT2D eigenvalue weighted by Gasteiger charge is 2.26. The highest BCUT2D eigenvalue weighted by atomic mass is 32.2. The van der Waals surface area contributed by atoms with E-state index in [4.69, 9.17) is 4.55 Å². The lowest BCUT2D eigenvalue weighted by molar-refractivity contribution is -0.122. The average molecular weight is 494 g/mol. The summed E-state index contributed by atoms with van der Waals surface area (Å²) >= 11 is 1.78. The molecule has 0 heterocycles. The number of nitrogens with one attached hydrogen (secondary N) is 1. The number of thioether (sulfide) groups is 1. The number of hydrogen-bond acceptors (Lipinski definition) is 4. The largest absolute Gasteiger partial charge is 0.350 e. The Kier molecular flexibility index (Phi) is 20.0. The number of rotatable bonds is 23. The topological polar surface area (TPSA) is 83.5 Å². The summed E-state index contributed by atoms with van der Waals surface area (Å²) in [6, 6.07) is 0. The summed E-state index contributed by atoms with van der Waals surface area (Å²) in [5.74, 6) is 1.17. The van der Waals surface area contributed by atoms with Crippen LogP contribution in [0.15, 0.2) is 0 Å². The molecule has 0 bridgehead atoms. The van der Waals surface area contributed by atoms with Crippen molar-refractivity contribution in [1.82, 2.24) is 5.32 Å². The van der Waals surface area contributed by atoms with Gasteiger partial charge in [0.2, 0.25) is 5.91 Å². The van der Waals surface area contributed by atoms with Crippen molar-refractivity contribution in [2.45, 2.75) is 135 Å². The maximum absolute atomic E-state index is 11.9. The van der Waals surface area contributed by atoms with Gasteiger partial charge in [-0.15, -0.1) is 0 Å². The van der Waals surface area contributed by atoms with Crippen LogP contribution in [0.1, 0.15) is 130 Å². The standard InChI is InChI=1S/C25H51NO4S2/c1-4-5-6-7-8-9-10-11-12-13-14-15-16-17-18-19-21-31-22-20-24(27)26-25(2,3)23-32(28,29)30/h4-23H2,1-3H3,(H,26,27)(H,28,29,30). The van der Waals surface area contributed by atoms with Gasteiger partial charge >= 0.3 is 0 Å². The first-order chi connectivity index (χ1) is 15.2. The average Bonchev–Trinajstić information content (AvgIpc) is 2.67. The molecule has 0 aromatic heterocycles. The number of unbranched alkanes of at least 4 members (excludes halogenated alkanes) is 15. The van der Waals surface area contributed by atoms with Crippen molar-refractivity contribution in [2.24, 2.45) is 0 Å². The molecule has 7 heteroatoms. The van der Waals surface area contributed by atoms with Crippen LogP contribution >= 0.6 is 11.8 Å². The van der Waals surface area contributed by atoms with Gasteiger partial charge < -0.3 is 5.32 Å². The first kappa shape index (κ1) is 31.7. The Morgan fingerprint density at radius 2 is 1.16 bits per heavy atom. The fourth-order valence-electron chi connectivity index (χ4n) is 3.95. The minimum absolute atomic E-state index is 0.168. The van der Waals surface area contributed by atoms with Crippen LogP contribution in [-0.4, -0.2) is 41.7 Å². The third-order valence-corrected chi connectivity index (χ3v) is 7.79. The van der Waals surface area contributed by atoms with Gasteiger partial charge in [0.25, 0.3) is 10.1 Å². The van der Waals surface area contributed by atoms with Gasteiger partial charge in [-0.2, -0.15) is 20.2 Å². The quantitative estimate of drug-likeness (QED) is 0.117.